The Morgan fingerprint density at radius 3 is 2.16 bits per heavy atom. The molecule has 1 aliphatic heterocycles. The molecule has 1 unspecified atom stereocenters. The molecule has 1 heterocycles. The van der Waals surface area contributed by atoms with Crippen LogP contribution in [0.3, 0.4) is 0 Å². The molecule has 1 N–H and O–H groups in total. The van der Waals surface area contributed by atoms with Crippen molar-refractivity contribution in [2.24, 2.45) is 5.92 Å². The predicted octanol–water partition coefficient (Wildman–Crippen LogP) is 3.95. The number of hydrogen-bond acceptors (Lipinski definition) is 3. The number of nitrogens with zero attached hydrogens (tertiary/aromatic N) is 2. The van der Waals surface area contributed by atoms with E-state index in [0.29, 0.717) is 17.8 Å². The molecule has 6 heteroatoms. The van der Waals surface area contributed by atoms with Crippen molar-refractivity contribution in [3.8, 4) is 0 Å². The van der Waals surface area contributed by atoms with Gasteiger partial charge < -0.3 is 15.1 Å². The maximum absolute atomic E-state index is 12.7. The van der Waals surface area contributed by atoms with E-state index >= 15 is 0 Å². The lowest BCUT2D eigenvalue weighted by atomic mass is 10.1. The topological polar surface area (TPSA) is 69.7 Å². The van der Waals surface area contributed by atoms with Gasteiger partial charge in [-0.2, -0.15) is 0 Å². The van der Waals surface area contributed by atoms with Gasteiger partial charge in [0.2, 0.25) is 11.8 Å². The van der Waals surface area contributed by atoms with Gasteiger partial charge in [-0.05, 0) is 48.5 Å². The Labute approximate surface area is 181 Å². The molecule has 0 radical (unpaired) electrons. The Hall–Kier alpha value is -3.93. The van der Waals surface area contributed by atoms with Crippen molar-refractivity contribution in [3.05, 3.63) is 90.5 Å². The van der Waals surface area contributed by atoms with Crippen molar-refractivity contribution in [2.45, 2.75) is 6.42 Å². The lowest BCUT2D eigenvalue weighted by Crippen LogP contribution is -2.28. The smallest absolute Gasteiger partial charge is 0.258 e. The number of nitrogens with one attached hydrogen (secondary N) is 1. The number of carbonyl (C=O) groups excluding carboxylic acids is 3. The molecule has 31 heavy (non-hydrogen) atoms. The van der Waals surface area contributed by atoms with E-state index in [9.17, 15) is 14.4 Å². The molecule has 1 saturated heterocycles. The third-order valence-electron chi connectivity index (χ3n) is 5.41. The summed E-state index contributed by atoms with van der Waals surface area (Å²) in [6.45, 7) is 0.354. The first-order valence-electron chi connectivity index (χ1n) is 10.1. The van der Waals surface area contributed by atoms with E-state index in [-0.39, 0.29) is 24.1 Å². The lowest BCUT2D eigenvalue weighted by molar-refractivity contribution is -0.122. The average molecular weight is 413 g/mol. The second-order valence-corrected chi connectivity index (χ2v) is 7.51. The first kappa shape index (κ1) is 20.3. The van der Waals surface area contributed by atoms with Crippen LogP contribution in [0.5, 0.6) is 0 Å². The summed E-state index contributed by atoms with van der Waals surface area (Å²) in [6, 6.07) is 25.5. The zero-order chi connectivity index (χ0) is 21.8. The van der Waals surface area contributed by atoms with Gasteiger partial charge in [0.05, 0.1) is 5.92 Å². The van der Waals surface area contributed by atoms with Crippen LogP contribution >= 0.6 is 0 Å². The summed E-state index contributed by atoms with van der Waals surface area (Å²) in [7, 11) is 1.73. The van der Waals surface area contributed by atoms with Crippen molar-refractivity contribution in [1.82, 2.24) is 0 Å². The highest BCUT2D eigenvalue weighted by atomic mass is 16.2. The van der Waals surface area contributed by atoms with E-state index in [1.165, 1.54) is 0 Å². The average Bonchev–Trinajstić information content (AvgIpc) is 3.21. The molecule has 156 valence electrons. The van der Waals surface area contributed by atoms with Crippen LogP contribution in [0.15, 0.2) is 84.9 Å². The van der Waals surface area contributed by atoms with Gasteiger partial charge in [0, 0.05) is 42.6 Å². The van der Waals surface area contributed by atoms with Crippen molar-refractivity contribution in [2.75, 3.05) is 28.7 Å². The van der Waals surface area contributed by atoms with Gasteiger partial charge in [0.25, 0.3) is 5.91 Å². The Kier molecular flexibility index (Phi) is 5.80. The number of para-hydroxylation sites is 2. The number of anilines is 3. The number of carbonyl (C=O) groups is 3. The molecule has 0 spiro atoms. The third-order valence-corrected chi connectivity index (χ3v) is 5.41. The summed E-state index contributed by atoms with van der Waals surface area (Å²) in [4.78, 5) is 40.9. The molecular weight excluding hydrogens is 390 g/mol. The normalized spacial score (nSPS) is 15.6. The summed E-state index contributed by atoms with van der Waals surface area (Å²) in [5, 5.41) is 2.86. The fourth-order valence-corrected chi connectivity index (χ4v) is 3.64. The van der Waals surface area contributed by atoms with Crippen molar-refractivity contribution in [1.29, 1.82) is 0 Å². The molecule has 0 bridgehead atoms. The van der Waals surface area contributed by atoms with Crippen LogP contribution in [0.2, 0.25) is 0 Å². The molecule has 0 aromatic heterocycles. The van der Waals surface area contributed by atoms with Gasteiger partial charge in [-0.1, -0.05) is 36.4 Å². The number of hydrogen-bond donors (Lipinski definition) is 1. The fraction of sp³-hybridized carbons (Fsp3) is 0.160. The van der Waals surface area contributed by atoms with Crippen molar-refractivity contribution >= 4 is 34.8 Å². The van der Waals surface area contributed by atoms with E-state index in [4.69, 9.17) is 0 Å². The van der Waals surface area contributed by atoms with E-state index in [1.807, 2.05) is 60.7 Å². The van der Waals surface area contributed by atoms with Crippen LogP contribution in [0.1, 0.15) is 16.8 Å². The largest absolute Gasteiger partial charge is 0.326 e. The van der Waals surface area contributed by atoms with Crippen molar-refractivity contribution in [3.63, 3.8) is 0 Å². The zero-order valence-corrected chi connectivity index (χ0v) is 17.2. The molecule has 0 aliphatic carbocycles. The van der Waals surface area contributed by atoms with Gasteiger partial charge >= 0.3 is 0 Å². The third kappa shape index (κ3) is 4.48. The Morgan fingerprint density at radius 1 is 0.903 bits per heavy atom. The highest BCUT2D eigenvalue weighted by Crippen LogP contribution is 2.26. The molecule has 1 atom stereocenters. The highest BCUT2D eigenvalue weighted by molar-refractivity contribution is 6.06. The van der Waals surface area contributed by atoms with Crippen molar-refractivity contribution < 1.29 is 14.4 Å². The monoisotopic (exact) mass is 413 g/mol. The summed E-state index contributed by atoms with van der Waals surface area (Å²) < 4.78 is 0. The maximum Gasteiger partial charge on any atom is 0.258 e. The van der Waals surface area contributed by atoms with Crippen LogP contribution in [0.4, 0.5) is 17.1 Å². The highest BCUT2D eigenvalue weighted by Gasteiger charge is 2.35. The van der Waals surface area contributed by atoms with Gasteiger partial charge in [-0.25, -0.2) is 0 Å². The summed E-state index contributed by atoms with van der Waals surface area (Å²) in [6.07, 6.45) is 0.180. The first-order valence-corrected chi connectivity index (χ1v) is 10.1. The van der Waals surface area contributed by atoms with Crippen LogP contribution in [0.25, 0.3) is 0 Å². The predicted molar refractivity (Wildman–Crippen MR) is 121 cm³/mol. The van der Waals surface area contributed by atoms with E-state index in [1.54, 1.807) is 41.1 Å². The molecule has 3 aromatic carbocycles. The SMILES string of the molecule is CN(C(=O)c1ccc(NC(=O)C2CC(=O)N(c3ccccc3)C2)cc1)c1ccccc1. The van der Waals surface area contributed by atoms with Crippen LogP contribution in [-0.2, 0) is 9.59 Å². The van der Waals surface area contributed by atoms with E-state index in [0.717, 1.165) is 11.4 Å². The molecule has 4 rings (SSSR count). The second kappa shape index (κ2) is 8.83. The molecule has 3 amide bonds. The quantitative estimate of drug-likeness (QED) is 0.688. The minimum Gasteiger partial charge on any atom is -0.326 e. The van der Waals surface area contributed by atoms with Gasteiger partial charge in [-0.15, -0.1) is 0 Å². The summed E-state index contributed by atoms with van der Waals surface area (Å²) in [5.41, 5.74) is 2.72. The first-order chi connectivity index (χ1) is 15.0. The lowest BCUT2D eigenvalue weighted by Gasteiger charge is -2.18. The van der Waals surface area contributed by atoms with Crippen LogP contribution in [0, 0.1) is 5.92 Å². The van der Waals surface area contributed by atoms with Crippen LogP contribution < -0.4 is 15.1 Å². The van der Waals surface area contributed by atoms with E-state index < -0.39 is 5.92 Å². The molecule has 1 aliphatic rings. The van der Waals surface area contributed by atoms with Crippen LogP contribution in [-0.4, -0.2) is 31.3 Å². The van der Waals surface area contributed by atoms with Gasteiger partial charge in [0.1, 0.15) is 0 Å². The minimum absolute atomic E-state index is 0.0590. The number of benzene rings is 3. The van der Waals surface area contributed by atoms with E-state index in [2.05, 4.69) is 5.32 Å². The second-order valence-electron chi connectivity index (χ2n) is 7.51. The Bertz CT molecular complexity index is 1080. The number of amides is 3. The van der Waals surface area contributed by atoms with Gasteiger partial charge in [0.15, 0.2) is 0 Å². The molecule has 1 fully saturated rings. The molecule has 6 nitrogen and oxygen atoms in total. The fourth-order valence-electron chi connectivity index (χ4n) is 3.64. The molecule has 3 aromatic rings. The van der Waals surface area contributed by atoms with Gasteiger partial charge in [-0.3, -0.25) is 14.4 Å². The Morgan fingerprint density at radius 2 is 1.52 bits per heavy atom. The summed E-state index contributed by atoms with van der Waals surface area (Å²) >= 11 is 0. The standard InChI is InChI=1S/C25H23N3O3/c1-27(21-8-4-2-5-9-21)25(31)18-12-14-20(15-13-18)26-24(30)19-16-23(29)28(17-19)22-10-6-3-7-11-22/h2-15,19H,16-17H2,1H3,(H,26,30). The zero-order valence-electron chi connectivity index (χ0n) is 17.2. The minimum atomic E-state index is -0.418. The maximum atomic E-state index is 12.7. The molecular formula is C25H23N3O3. The summed E-state index contributed by atoms with van der Waals surface area (Å²) in [5.74, 6) is -0.814. The molecule has 0 saturated carbocycles. The Balaban J connectivity index is 1.38. The number of rotatable bonds is 5.